The third-order valence-corrected chi connectivity index (χ3v) is 7.49. The summed E-state index contributed by atoms with van der Waals surface area (Å²) in [5, 5.41) is 40.9. The number of carbonyl (C=O) groups is 1. The normalized spacial score (nSPS) is 16.1. The fourth-order valence-electron chi connectivity index (χ4n) is 5.03. The molecule has 0 spiro atoms. The number of alkyl halides is 3. The number of amidine groups is 1. The van der Waals surface area contributed by atoms with Gasteiger partial charge in [-0.05, 0) is 87.3 Å². The van der Waals surface area contributed by atoms with Crippen LogP contribution in [0.15, 0.2) is 66.1 Å². The van der Waals surface area contributed by atoms with Gasteiger partial charge in [0.2, 0.25) is 0 Å². The largest absolute Gasteiger partial charge is 0.573 e. The van der Waals surface area contributed by atoms with Crippen LogP contribution in [0.25, 0.3) is 5.57 Å². The number of allylic oxidation sites excluding steroid dienone is 2. The first-order valence-electron chi connectivity index (χ1n) is 14.9. The first-order valence-corrected chi connectivity index (χ1v) is 14.9. The van der Waals surface area contributed by atoms with E-state index in [-0.39, 0.29) is 41.4 Å². The average molecular weight is 637 g/mol. The molecule has 1 saturated carbocycles. The molecular formula is C32H35F3N8O3. The zero-order valence-corrected chi connectivity index (χ0v) is 25.4. The summed E-state index contributed by atoms with van der Waals surface area (Å²) in [6.07, 6.45) is 3.45. The number of pyridine rings is 1. The molecule has 0 atom stereocenters. The second-order valence-corrected chi connectivity index (χ2v) is 11.8. The van der Waals surface area contributed by atoms with E-state index in [1.807, 2.05) is 0 Å². The molecule has 3 heterocycles. The first kappa shape index (κ1) is 32.5. The van der Waals surface area contributed by atoms with E-state index in [1.165, 1.54) is 18.2 Å². The van der Waals surface area contributed by atoms with Gasteiger partial charge < -0.3 is 25.9 Å². The molecule has 0 radical (unpaired) electrons. The number of aromatic nitrogens is 4. The molecule has 1 amide bonds. The molecule has 5 rings (SSSR count). The average Bonchev–Trinajstić information content (AvgIpc) is 3.64. The minimum Gasteiger partial charge on any atom is -0.406 e. The lowest BCUT2D eigenvalue weighted by atomic mass is 9.95. The molecule has 3 aromatic rings. The van der Waals surface area contributed by atoms with E-state index in [4.69, 9.17) is 10.8 Å². The van der Waals surface area contributed by atoms with Crippen LogP contribution < -0.4 is 15.4 Å². The number of ether oxygens (including phenoxy) is 1. The number of carbonyl (C=O) groups excluding carboxylic acids is 1. The van der Waals surface area contributed by atoms with Crippen LogP contribution in [-0.2, 0) is 18.7 Å². The van der Waals surface area contributed by atoms with Gasteiger partial charge in [-0.15, -0.1) is 18.3 Å². The van der Waals surface area contributed by atoms with Crippen LogP contribution in [0.3, 0.4) is 0 Å². The number of aliphatic hydroxyl groups is 1. The SMILES string of the molecule is CC(C)(O)c1ccc(CNC(=O)c2cn(CCCCC(=N)/C=C3\C(=N)NC(C4CC4)=C3c3cccc(OC(F)(F)F)c3)nn2)cn1. The van der Waals surface area contributed by atoms with Gasteiger partial charge in [-0.3, -0.25) is 19.9 Å². The highest BCUT2D eigenvalue weighted by Crippen LogP contribution is 2.44. The number of hydrogen-bond donors (Lipinski definition) is 5. The summed E-state index contributed by atoms with van der Waals surface area (Å²) in [4.78, 5) is 16.8. The Labute approximate surface area is 263 Å². The number of nitrogens with zero attached hydrogens (tertiary/aromatic N) is 4. The molecule has 0 unspecified atom stereocenters. The fourth-order valence-corrected chi connectivity index (χ4v) is 5.03. The predicted molar refractivity (Wildman–Crippen MR) is 164 cm³/mol. The number of unbranched alkanes of at least 4 members (excludes halogenated alkanes) is 1. The number of nitrogens with one attached hydrogen (secondary N) is 4. The van der Waals surface area contributed by atoms with E-state index in [0.29, 0.717) is 48.2 Å². The highest BCUT2D eigenvalue weighted by Gasteiger charge is 2.36. The van der Waals surface area contributed by atoms with Gasteiger partial charge in [0.15, 0.2) is 5.69 Å². The molecule has 2 aliphatic rings. The summed E-state index contributed by atoms with van der Waals surface area (Å²) in [5.74, 6) is -0.423. The van der Waals surface area contributed by atoms with Crippen LogP contribution in [0.5, 0.6) is 5.75 Å². The fraction of sp³-hybridized carbons (Fsp3) is 0.375. The molecular weight excluding hydrogens is 601 g/mol. The predicted octanol–water partition coefficient (Wildman–Crippen LogP) is 5.25. The summed E-state index contributed by atoms with van der Waals surface area (Å²) in [6, 6.07) is 9.19. The van der Waals surface area contributed by atoms with Crippen molar-refractivity contribution in [2.24, 2.45) is 5.92 Å². The highest BCUT2D eigenvalue weighted by molar-refractivity contribution is 6.20. The number of hydrogen-bond acceptors (Lipinski definition) is 8. The Kier molecular flexibility index (Phi) is 9.37. The van der Waals surface area contributed by atoms with Crippen molar-refractivity contribution in [3.63, 3.8) is 0 Å². The quantitative estimate of drug-likeness (QED) is 0.126. The minimum atomic E-state index is -4.82. The molecule has 2 aromatic heterocycles. The Bertz CT molecular complexity index is 1680. The van der Waals surface area contributed by atoms with Gasteiger partial charge in [-0.1, -0.05) is 23.4 Å². The molecule has 5 N–H and O–H groups in total. The van der Waals surface area contributed by atoms with Gasteiger partial charge in [0, 0.05) is 41.8 Å². The van der Waals surface area contributed by atoms with Crippen LogP contribution in [0.4, 0.5) is 13.2 Å². The van der Waals surface area contributed by atoms with E-state index in [9.17, 15) is 23.1 Å². The molecule has 242 valence electrons. The summed E-state index contributed by atoms with van der Waals surface area (Å²) >= 11 is 0. The summed E-state index contributed by atoms with van der Waals surface area (Å²) in [6.45, 7) is 4.01. The Balaban J connectivity index is 1.14. The van der Waals surface area contributed by atoms with Crippen molar-refractivity contribution in [2.45, 2.75) is 71.0 Å². The molecule has 1 aliphatic heterocycles. The molecule has 14 heteroatoms. The smallest absolute Gasteiger partial charge is 0.406 e. The third kappa shape index (κ3) is 8.44. The molecule has 11 nitrogen and oxygen atoms in total. The number of rotatable bonds is 13. The highest BCUT2D eigenvalue weighted by atomic mass is 19.4. The topological polar surface area (TPSA) is 162 Å². The maximum absolute atomic E-state index is 12.8. The summed E-state index contributed by atoms with van der Waals surface area (Å²) in [7, 11) is 0. The zero-order valence-electron chi connectivity index (χ0n) is 25.4. The minimum absolute atomic E-state index is 0.111. The number of halogens is 3. The second-order valence-electron chi connectivity index (χ2n) is 11.8. The van der Waals surface area contributed by atoms with Gasteiger partial charge in [0.25, 0.3) is 5.91 Å². The zero-order chi connectivity index (χ0) is 33.1. The lowest BCUT2D eigenvalue weighted by Gasteiger charge is -2.16. The monoisotopic (exact) mass is 636 g/mol. The number of benzene rings is 1. The van der Waals surface area contributed by atoms with Gasteiger partial charge in [0.05, 0.1) is 11.9 Å². The Morgan fingerprint density at radius 2 is 2.00 bits per heavy atom. The number of aryl methyl sites for hydroxylation is 1. The molecule has 1 aromatic carbocycles. The van der Waals surface area contributed by atoms with E-state index in [0.717, 1.165) is 24.1 Å². The van der Waals surface area contributed by atoms with Crippen molar-refractivity contribution in [1.29, 1.82) is 10.8 Å². The van der Waals surface area contributed by atoms with Crippen molar-refractivity contribution < 1.29 is 27.8 Å². The van der Waals surface area contributed by atoms with Crippen LogP contribution in [0, 0.1) is 16.7 Å². The van der Waals surface area contributed by atoms with E-state index >= 15 is 0 Å². The lowest BCUT2D eigenvalue weighted by Crippen LogP contribution is -2.23. The first-order chi connectivity index (χ1) is 21.8. The summed E-state index contributed by atoms with van der Waals surface area (Å²) in [5.41, 5.74) is 3.06. The Morgan fingerprint density at radius 3 is 2.67 bits per heavy atom. The van der Waals surface area contributed by atoms with Gasteiger partial charge in [0.1, 0.15) is 17.2 Å². The Morgan fingerprint density at radius 1 is 1.22 bits per heavy atom. The molecule has 46 heavy (non-hydrogen) atoms. The molecule has 0 saturated heterocycles. The van der Waals surface area contributed by atoms with Crippen LogP contribution >= 0.6 is 0 Å². The second kappa shape index (κ2) is 13.3. The van der Waals surface area contributed by atoms with Gasteiger partial charge in [-0.25, -0.2) is 0 Å². The van der Waals surface area contributed by atoms with Gasteiger partial charge in [-0.2, -0.15) is 0 Å². The van der Waals surface area contributed by atoms with E-state index in [1.54, 1.807) is 55.2 Å². The summed E-state index contributed by atoms with van der Waals surface area (Å²) < 4.78 is 44.2. The molecule has 0 bridgehead atoms. The standard InChI is InChI=1S/C32H35F3N8O3/c1-31(2,45)26-12-9-19(16-38-26)17-39-30(44)25-18-43(42-41-25)13-4-3-7-22(36)15-24-27(28(20-10-11-20)40-29(24)37)21-6-5-8-23(14-21)46-32(33,34)35/h5-6,8-9,12,14-16,18,20,36,45H,3-4,7,10-11,13,17H2,1-2H3,(H2,37,40)(H,39,44)/b24-15-,36-22?. The van der Waals surface area contributed by atoms with Crippen molar-refractivity contribution in [3.05, 3.63) is 88.7 Å². The molecule has 1 fully saturated rings. The van der Waals surface area contributed by atoms with Crippen molar-refractivity contribution in [3.8, 4) is 5.75 Å². The molecule has 1 aliphatic carbocycles. The van der Waals surface area contributed by atoms with Gasteiger partial charge >= 0.3 is 6.36 Å². The van der Waals surface area contributed by atoms with Crippen LogP contribution in [0.1, 0.15) is 73.3 Å². The van der Waals surface area contributed by atoms with Crippen LogP contribution in [-0.4, -0.2) is 48.9 Å². The van der Waals surface area contributed by atoms with Crippen LogP contribution in [0.2, 0.25) is 0 Å². The maximum atomic E-state index is 12.8. The Hall–Kier alpha value is -4.85. The van der Waals surface area contributed by atoms with Crippen molar-refractivity contribution in [1.82, 2.24) is 30.6 Å². The third-order valence-electron chi connectivity index (χ3n) is 7.49. The lowest BCUT2D eigenvalue weighted by molar-refractivity contribution is -0.274. The number of amides is 1. The van der Waals surface area contributed by atoms with E-state index in [2.05, 4.69) is 30.7 Å². The maximum Gasteiger partial charge on any atom is 0.573 e. The van der Waals surface area contributed by atoms with Crippen molar-refractivity contribution in [2.75, 3.05) is 0 Å². The van der Waals surface area contributed by atoms with Crippen molar-refractivity contribution >= 4 is 23.0 Å². The van der Waals surface area contributed by atoms with E-state index < -0.39 is 12.0 Å².